The van der Waals surface area contributed by atoms with E-state index in [1.165, 1.54) is 69.8 Å². The van der Waals surface area contributed by atoms with E-state index in [1.807, 2.05) is 0 Å². The summed E-state index contributed by atoms with van der Waals surface area (Å²) in [7, 11) is 0. The van der Waals surface area contributed by atoms with E-state index in [2.05, 4.69) is 57.2 Å². The lowest BCUT2D eigenvalue weighted by Gasteiger charge is -2.66. The molecule has 0 N–H and O–H groups in total. The maximum Gasteiger partial charge on any atom is 0.0774 e. The number of ether oxygens (including phenoxy) is 1. The summed E-state index contributed by atoms with van der Waals surface area (Å²) >= 11 is 0. The minimum absolute atomic E-state index is 0.0829. The standard InChI is InChI=1S/C28H40O/c1-4-22-13-15-24-25-16-14-23-12-8-9-17-27(23,3)28(25,19-18-26(22,24)2)29-20-21-10-6-5-7-11-21/h4-7,10-11,23-25H,8-9,12-20H2,1-3H3/t23?,24?,25?,26-,27+,28-/m1/s1. The van der Waals surface area contributed by atoms with Crippen molar-refractivity contribution in [1.29, 1.82) is 0 Å². The van der Waals surface area contributed by atoms with Crippen molar-refractivity contribution in [2.24, 2.45) is 28.6 Å². The van der Waals surface area contributed by atoms with E-state index in [0.29, 0.717) is 10.8 Å². The molecule has 3 unspecified atom stereocenters. The molecule has 6 atom stereocenters. The second-order valence-electron chi connectivity index (χ2n) is 11.1. The molecule has 4 saturated carbocycles. The predicted molar refractivity (Wildman–Crippen MR) is 121 cm³/mol. The van der Waals surface area contributed by atoms with E-state index in [4.69, 9.17) is 4.74 Å². The van der Waals surface area contributed by atoms with Crippen LogP contribution in [0.5, 0.6) is 0 Å². The van der Waals surface area contributed by atoms with Gasteiger partial charge in [0.05, 0.1) is 12.2 Å². The molecule has 4 aliphatic rings. The van der Waals surface area contributed by atoms with Crippen molar-refractivity contribution in [2.45, 2.75) is 97.2 Å². The Morgan fingerprint density at radius 1 is 0.931 bits per heavy atom. The first-order valence-electron chi connectivity index (χ1n) is 12.4. The summed E-state index contributed by atoms with van der Waals surface area (Å²) in [5.41, 5.74) is 3.96. The van der Waals surface area contributed by atoms with Crippen molar-refractivity contribution in [2.75, 3.05) is 0 Å². The maximum absolute atomic E-state index is 7.24. The zero-order valence-electron chi connectivity index (χ0n) is 18.9. The molecule has 158 valence electrons. The van der Waals surface area contributed by atoms with Crippen LogP contribution in [0.2, 0.25) is 0 Å². The Balaban J connectivity index is 1.53. The van der Waals surface area contributed by atoms with Crippen molar-refractivity contribution in [1.82, 2.24) is 0 Å². The summed E-state index contributed by atoms with van der Waals surface area (Å²) in [6.45, 7) is 8.30. The molecule has 0 bridgehead atoms. The van der Waals surface area contributed by atoms with Crippen molar-refractivity contribution in [3.63, 3.8) is 0 Å². The van der Waals surface area contributed by atoms with E-state index < -0.39 is 0 Å². The normalized spacial score (nSPS) is 45.5. The first-order valence-corrected chi connectivity index (χ1v) is 12.4. The first kappa shape index (κ1) is 19.9. The monoisotopic (exact) mass is 392 g/mol. The summed E-state index contributed by atoms with van der Waals surface area (Å²) in [5.74, 6) is 2.43. The minimum Gasteiger partial charge on any atom is -0.369 e. The average Bonchev–Trinajstić information content (AvgIpc) is 3.09. The van der Waals surface area contributed by atoms with Crippen LogP contribution >= 0.6 is 0 Å². The van der Waals surface area contributed by atoms with Crippen molar-refractivity contribution in [3.05, 3.63) is 47.5 Å². The fourth-order valence-electron chi connectivity index (χ4n) is 8.65. The number of allylic oxidation sites excluding steroid dienone is 2. The molecule has 1 aromatic rings. The Morgan fingerprint density at radius 3 is 2.55 bits per heavy atom. The average molecular weight is 393 g/mol. The molecule has 29 heavy (non-hydrogen) atoms. The molecule has 0 spiro atoms. The van der Waals surface area contributed by atoms with Crippen LogP contribution in [0.3, 0.4) is 0 Å². The first-order chi connectivity index (χ1) is 14.0. The van der Waals surface area contributed by atoms with Gasteiger partial charge in [-0.15, -0.1) is 0 Å². The van der Waals surface area contributed by atoms with Gasteiger partial charge in [0.1, 0.15) is 0 Å². The molecule has 4 aliphatic carbocycles. The van der Waals surface area contributed by atoms with Crippen molar-refractivity contribution >= 4 is 0 Å². The highest BCUT2D eigenvalue weighted by Gasteiger charge is 2.66. The molecule has 1 heteroatoms. The van der Waals surface area contributed by atoms with Crippen LogP contribution in [0.1, 0.15) is 90.5 Å². The highest BCUT2D eigenvalue weighted by molar-refractivity contribution is 5.27. The summed E-state index contributed by atoms with van der Waals surface area (Å²) in [6.07, 6.45) is 16.2. The third kappa shape index (κ3) is 2.83. The Labute approximate surface area is 178 Å². The molecule has 0 aliphatic heterocycles. The lowest BCUT2D eigenvalue weighted by molar-refractivity contribution is -0.260. The molecule has 0 saturated heterocycles. The number of rotatable bonds is 3. The Hall–Kier alpha value is -1.08. The second kappa shape index (κ2) is 7.26. The highest BCUT2D eigenvalue weighted by atomic mass is 16.5. The molecule has 1 nitrogen and oxygen atoms in total. The molecular weight excluding hydrogens is 352 g/mol. The largest absolute Gasteiger partial charge is 0.369 e. The lowest BCUT2D eigenvalue weighted by atomic mass is 9.42. The van der Waals surface area contributed by atoms with Crippen molar-refractivity contribution < 1.29 is 4.74 Å². The number of benzene rings is 1. The van der Waals surface area contributed by atoms with Gasteiger partial charge in [-0.2, -0.15) is 0 Å². The third-order valence-corrected chi connectivity index (χ3v) is 10.3. The van der Waals surface area contributed by atoms with Gasteiger partial charge in [-0.25, -0.2) is 0 Å². The SMILES string of the molecule is CC=C1CCC2C3CCC4CCCC[C@]4(C)[C@@]3(OCc3ccccc3)CC[C@]12C. The molecular formula is C28H40O. The molecule has 0 radical (unpaired) electrons. The molecule has 5 rings (SSSR count). The number of hydrogen-bond acceptors (Lipinski definition) is 1. The summed E-state index contributed by atoms with van der Waals surface area (Å²) in [5, 5.41) is 0. The van der Waals surface area contributed by atoms with Crippen LogP contribution in [0.15, 0.2) is 42.0 Å². The Bertz CT molecular complexity index is 766. The van der Waals surface area contributed by atoms with Gasteiger partial charge in [0.2, 0.25) is 0 Å². The zero-order valence-corrected chi connectivity index (χ0v) is 18.9. The molecule has 4 fully saturated rings. The number of hydrogen-bond donors (Lipinski definition) is 0. The van der Waals surface area contributed by atoms with E-state index in [1.54, 1.807) is 5.57 Å². The van der Waals surface area contributed by atoms with Gasteiger partial charge in [-0.05, 0) is 92.4 Å². The Morgan fingerprint density at radius 2 is 1.76 bits per heavy atom. The van der Waals surface area contributed by atoms with Crippen molar-refractivity contribution in [3.8, 4) is 0 Å². The third-order valence-electron chi connectivity index (χ3n) is 10.3. The maximum atomic E-state index is 7.24. The van der Waals surface area contributed by atoms with Crippen LogP contribution in [0.25, 0.3) is 0 Å². The summed E-state index contributed by atoms with van der Waals surface area (Å²) in [4.78, 5) is 0. The van der Waals surface area contributed by atoms with Gasteiger partial charge in [0, 0.05) is 0 Å². The molecule has 0 heterocycles. The fraction of sp³-hybridized carbons (Fsp3) is 0.714. The van der Waals surface area contributed by atoms with Gasteiger partial charge in [-0.1, -0.05) is 68.7 Å². The smallest absolute Gasteiger partial charge is 0.0774 e. The van der Waals surface area contributed by atoms with Crippen LogP contribution in [0, 0.1) is 28.6 Å². The lowest BCUT2D eigenvalue weighted by Crippen LogP contribution is -2.65. The summed E-state index contributed by atoms with van der Waals surface area (Å²) in [6, 6.07) is 10.9. The molecule has 0 amide bonds. The fourth-order valence-corrected chi connectivity index (χ4v) is 8.65. The van der Waals surface area contributed by atoms with Gasteiger partial charge in [-0.3, -0.25) is 0 Å². The van der Waals surface area contributed by atoms with Crippen LogP contribution in [0.4, 0.5) is 0 Å². The molecule has 0 aromatic heterocycles. The van der Waals surface area contributed by atoms with E-state index in [0.717, 1.165) is 24.4 Å². The quantitative estimate of drug-likeness (QED) is 0.479. The van der Waals surface area contributed by atoms with Gasteiger partial charge >= 0.3 is 0 Å². The zero-order chi connectivity index (χ0) is 20.1. The molecule has 1 aromatic carbocycles. The van der Waals surface area contributed by atoms with Crippen LogP contribution in [-0.4, -0.2) is 5.60 Å². The number of fused-ring (bicyclic) bond motifs is 5. The summed E-state index contributed by atoms with van der Waals surface area (Å²) < 4.78 is 7.24. The van der Waals surface area contributed by atoms with Gasteiger partial charge < -0.3 is 4.74 Å². The highest BCUT2D eigenvalue weighted by Crippen LogP contribution is 2.70. The van der Waals surface area contributed by atoms with Gasteiger partial charge in [0.15, 0.2) is 0 Å². The predicted octanol–water partition coefficient (Wildman–Crippen LogP) is 7.70. The van der Waals surface area contributed by atoms with E-state index >= 15 is 0 Å². The topological polar surface area (TPSA) is 9.23 Å². The minimum atomic E-state index is 0.0829. The van der Waals surface area contributed by atoms with Crippen LogP contribution in [-0.2, 0) is 11.3 Å². The van der Waals surface area contributed by atoms with Gasteiger partial charge in [0.25, 0.3) is 0 Å². The van der Waals surface area contributed by atoms with E-state index in [9.17, 15) is 0 Å². The van der Waals surface area contributed by atoms with Crippen LogP contribution < -0.4 is 0 Å². The Kier molecular flexibility index (Phi) is 4.97. The van der Waals surface area contributed by atoms with E-state index in [-0.39, 0.29) is 5.60 Å². The second-order valence-corrected chi connectivity index (χ2v) is 11.1.